The van der Waals surface area contributed by atoms with Crippen molar-refractivity contribution in [1.82, 2.24) is 14.8 Å². The van der Waals surface area contributed by atoms with Gasteiger partial charge in [0.15, 0.2) is 0 Å². The lowest BCUT2D eigenvalue weighted by Crippen LogP contribution is -2.51. The highest BCUT2D eigenvalue weighted by atomic mass is 16.5. The van der Waals surface area contributed by atoms with Crippen LogP contribution in [0.3, 0.4) is 0 Å². The van der Waals surface area contributed by atoms with Crippen molar-refractivity contribution in [1.29, 1.82) is 0 Å². The summed E-state index contributed by atoms with van der Waals surface area (Å²) in [5.41, 5.74) is 2.72. The lowest BCUT2D eigenvalue weighted by atomic mass is 10.1. The first-order valence-corrected chi connectivity index (χ1v) is 7.50. The molecular formula is C17H15N4O+. The fourth-order valence-corrected chi connectivity index (χ4v) is 3.52. The minimum absolute atomic E-state index is 0.205. The summed E-state index contributed by atoms with van der Waals surface area (Å²) in [4.78, 5) is 4.37. The summed E-state index contributed by atoms with van der Waals surface area (Å²) >= 11 is 0. The average molecular weight is 291 g/mol. The Morgan fingerprint density at radius 3 is 2.95 bits per heavy atom. The lowest BCUT2D eigenvalue weighted by molar-refractivity contribution is -0.739. The van der Waals surface area contributed by atoms with Gasteiger partial charge in [-0.25, -0.2) is 9.55 Å². The first-order valence-electron chi connectivity index (χ1n) is 7.50. The third-order valence-electron chi connectivity index (χ3n) is 4.51. The van der Waals surface area contributed by atoms with Crippen LogP contribution in [0.25, 0.3) is 5.82 Å². The Bertz CT molecular complexity index is 843. The van der Waals surface area contributed by atoms with E-state index in [1.165, 1.54) is 11.1 Å². The van der Waals surface area contributed by atoms with Gasteiger partial charge in [0.25, 0.3) is 0 Å². The largest absolute Gasteiger partial charge is 0.363 e. The minimum Gasteiger partial charge on any atom is -0.363 e. The Morgan fingerprint density at radius 1 is 1.14 bits per heavy atom. The van der Waals surface area contributed by atoms with Crippen LogP contribution in [-0.2, 0) is 17.8 Å². The van der Waals surface area contributed by atoms with Crippen LogP contribution in [0.2, 0.25) is 0 Å². The number of nitrogens with zero attached hydrogens (tertiary/aromatic N) is 4. The molecule has 0 unspecified atom stereocenters. The van der Waals surface area contributed by atoms with E-state index in [2.05, 4.69) is 38.9 Å². The Balaban J connectivity index is 1.64. The molecule has 0 fully saturated rings. The second-order valence-corrected chi connectivity index (χ2v) is 5.77. The van der Waals surface area contributed by atoms with Gasteiger partial charge in [0.05, 0.1) is 5.10 Å². The summed E-state index contributed by atoms with van der Waals surface area (Å²) in [6.07, 6.45) is 5.00. The molecule has 1 aliphatic carbocycles. The lowest BCUT2D eigenvalue weighted by Gasteiger charge is -2.23. The van der Waals surface area contributed by atoms with Crippen LogP contribution in [0.5, 0.6) is 0 Å². The summed E-state index contributed by atoms with van der Waals surface area (Å²) in [6.45, 7) is 0.551. The zero-order chi connectivity index (χ0) is 14.5. The third-order valence-corrected chi connectivity index (χ3v) is 4.51. The van der Waals surface area contributed by atoms with Crippen LogP contribution in [-0.4, -0.2) is 20.9 Å². The molecule has 0 spiro atoms. The van der Waals surface area contributed by atoms with Crippen LogP contribution < -0.4 is 4.57 Å². The molecule has 3 heterocycles. The maximum absolute atomic E-state index is 6.04. The van der Waals surface area contributed by atoms with Crippen LogP contribution in [0.15, 0.2) is 55.0 Å². The Kier molecular flexibility index (Phi) is 2.46. The number of ether oxygens (including phenoxy) is 1. The molecule has 108 valence electrons. The second-order valence-electron chi connectivity index (χ2n) is 5.77. The molecule has 1 aliphatic heterocycles. The van der Waals surface area contributed by atoms with Crippen molar-refractivity contribution in [3.05, 3.63) is 71.9 Å². The maximum atomic E-state index is 6.04. The summed E-state index contributed by atoms with van der Waals surface area (Å²) in [7, 11) is 0. The van der Waals surface area contributed by atoms with E-state index >= 15 is 0 Å². The Morgan fingerprint density at radius 2 is 2.05 bits per heavy atom. The standard InChI is InChI=1S/C17H15N4O/c1-2-6-13-12(5-1)9-14-17(13)20-11-21(19-16(20)10-22-14)15-7-3-4-8-18-15/h1-8,11,14,17H,9-10H2/q+1/t14-,17+/m1/s1. The van der Waals surface area contributed by atoms with Crippen molar-refractivity contribution < 1.29 is 9.30 Å². The number of benzene rings is 1. The predicted octanol–water partition coefficient (Wildman–Crippen LogP) is 1.60. The van der Waals surface area contributed by atoms with Crippen molar-refractivity contribution in [3.8, 4) is 5.82 Å². The van der Waals surface area contributed by atoms with Gasteiger partial charge < -0.3 is 4.74 Å². The average Bonchev–Trinajstić information content (AvgIpc) is 3.16. The smallest absolute Gasteiger partial charge is 0.304 e. The zero-order valence-electron chi connectivity index (χ0n) is 12.0. The fourth-order valence-electron chi connectivity index (χ4n) is 3.52. The van der Waals surface area contributed by atoms with E-state index in [1.807, 2.05) is 29.2 Å². The number of hydrogen-bond acceptors (Lipinski definition) is 3. The van der Waals surface area contributed by atoms with Crippen molar-refractivity contribution in [3.63, 3.8) is 0 Å². The molecule has 0 amide bonds. The Hall–Kier alpha value is -2.53. The van der Waals surface area contributed by atoms with Crippen LogP contribution in [0.4, 0.5) is 0 Å². The van der Waals surface area contributed by atoms with Gasteiger partial charge >= 0.3 is 5.82 Å². The molecule has 2 atom stereocenters. The first-order chi connectivity index (χ1) is 10.9. The predicted molar refractivity (Wildman–Crippen MR) is 78.4 cm³/mol. The number of pyridine rings is 1. The van der Waals surface area contributed by atoms with Crippen LogP contribution >= 0.6 is 0 Å². The second kappa shape index (κ2) is 4.48. The molecule has 0 N–H and O–H groups in total. The minimum atomic E-state index is 0.205. The number of hydrogen-bond donors (Lipinski definition) is 0. The summed E-state index contributed by atoms with van der Waals surface area (Å²) in [5.74, 6) is 1.77. The SMILES string of the molecule is c1ccc(-n2c[n+]3c(n2)CO[C@@H]2Cc4ccccc4[C@@H]23)nc1. The van der Waals surface area contributed by atoms with Gasteiger partial charge in [-0.05, 0) is 17.2 Å². The van der Waals surface area contributed by atoms with Crippen LogP contribution in [0, 0.1) is 0 Å². The number of fused-ring (bicyclic) bond motifs is 5. The highest BCUT2D eigenvalue weighted by Crippen LogP contribution is 2.35. The molecular weight excluding hydrogens is 276 g/mol. The van der Waals surface area contributed by atoms with Gasteiger partial charge in [-0.15, -0.1) is 0 Å². The highest BCUT2D eigenvalue weighted by Gasteiger charge is 2.43. The molecule has 2 aromatic heterocycles. The maximum Gasteiger partial charge on any atom is 0.304 e. The van der Waals surface area contributed by atoms with E-state index < -0.39 is 0 Å². The topological polar surface area (TPSA) is 43.8 Å². The summed E-state index contributed by atoms with van der Waals surface area (Å²) in [6, 6.07) is 14.6. The monoisotopic (exact) mass is 291 g/mol. The number of aromatic nitrogens is 4. The van der Waals surface area contributed by atoms with E-state index in [-0.39, 0.29) is 12.1 Å². The molecule has 3 aromatic rings. The normalized spacial score (nSPS) is 22.0. The highest BCUT2D eigenvalue weighted by molar-refractivity contribution is 5.35. The molecule has 0 radical (unpaired) electrons. The molecule has 0 saturated carbocycles. The van der Waals surface area contributed by atoms with Gasteiger partial charge in [-0.1, -0.05) is 35.0 Å². The van der Waals surface area contributed by atoms with E-state index in [9.17, 15) is 0 Å². The first kappa shape index (κ1) is 12.1. The van der Waals surface area contributed by atoms with Gasteiger partial charge in [0.1, 0.15) is 18.8 Å². The van der Waals surface area contributed by atoms with E-state index in [0.29, 0.717) is 6.61 Å². The van der Waals surface area contributed by atoms with E-state index in [4.69, 9.17) is 4.74 Å². The van der Waals surface area contributed by atoms with Crippen LogP contribution in [0.1, 0.15) is 23.0 Å². The fraction of sp³-hybridized carbons (Fsp3) is 0.235. The molecule has 2 aliphatic rings. The number of rotatable bonds is 1. The summed E-state index contributed by atoms with van der Waals surface area (Å²) < 4.78 is 10.1. The van der Waals surface area contributed by atoms with Gasteiger partial charge in [-0.2, -0.15) is 0 Å². The van der Waals surface area contributed by atoms with Gasteiger partial charge in [0.2, 0.25) is 12.1 Å². The molecule has 5 rings (SSSR count). The van der Waals surface area contributed by atoms with Crippen molar-refractivity contribution >= 4 is 0 Å². The molecule has 5 nitrogen and oxygen atoms in total. The van der Waals surface area contributed by atoms with Crippen molar-refractivity contribution in [2.75, 3.05) is 0 Å². The quantitative estimate of drug-likeness (QED) is 0.640. The van der Waals surface area contributed by atoms with Gasteiger partial charge in [-0.3, -0.25) is 0 Å². The van der Waals surface area contributed by atoms with Gasteiger partial charge in [0, 0.05) is 18.7 Å². The summed E-state index contributed by atoms with van der Waals surface area (Å²) in [5, 5.41) is 4.65. The molecule has 0 saturated heterocycles. The van der Waals surface area contributed by atoms with E-state index in [1.54, 1.807) is 6.20 Å². The molecule has 22 heavy (non-hydrogen) atoms. The van der Waals surface area contributed by atoms with E-state index in [0.717, 1.165) is 18.1 Å². The molecule has 0 bridgehead atoms. The molecule has 5 heteroatoms. The zero-order valence-corrected chi connectivity index (χ0v) is 12.0. The molecule has 1 aromatic carbocycles. The van der Waals surface area contributed by atoms with Crippen molar-refractivity contribution in [2.24, 2.45) is 0 Å². The van der Waals surface area contributed by atoms with Crippen molar-refractivity contribution in [2.45, 2.75) is 25.2 Å². The Labute approximate surface area is 127 Å². The third kappa shape index (κ3) is 1.66.